The van der Waals surface area contributed by atoms with E-state index in [0.717, 1.165) is 10.5 Å². The van der Waals surface area contributed by atoms with E-state index >= 15 is 0 Å². The Labute approximate surface area is 185 Å². The lowest BCUT2D eigenvalue weighted by atomic mass is 9.99. The third kappa shape index (κ3) is 6.54. The van der Waals surface area contributed by atoms with E-state index in [9.17, 15) is 14.7 Å². The van der Waals surface area contributed by atoms with Gasteiger partial charge in [-0.25, -0.2) is 0 Å². The molecule has 8 heteroatoms. The van der Waals surface area contributed by atoms with Gasteiger partial charge in [-0.3, -0.25) is 9.59 Å². The van der Waals surface area contributed by atoms with Crippen LogP contribution < -0.4 is 0 Å². The second-order valence-electron chi connectivity index (χ2n) is 7.07. The first kappa shape index (κ1) is 23.3. The van der Waals surface area contributed by atoms with E-state index < -0.39 is 41.8 Å². The van der Waals surface area contributed by atoms with Gasteiger partial charge in [0.2, 0.25) is 0 Å². The zero-order chi connectivity index (χ0) is 22.2. The summed E-state index contributed by atoms with van der Waals surface area (Å²) in [6.45, 7) is 2.43. The third-order valence-corrected chi connectivity index (χ3v) is 5.81. The normalized spacial score (nSPS) is 25.6. The SMILES string of the molecule is CC(=O)O[C@@H]1[C@@H](OC(C)=O)[C@H](Sc2ccccc2)O[C@H](CO)[C@H]1OCc1ccccc1. The Bertz CT molecular complexity index is 846. The van der Waals surface area contributed by atoms with Crippen molar-refractivity contribution in [3.05, 3.63) is 66.2 Å². The summed E-state index contributed by atoms with van der Waals surface area (Å²) in [6.07, 6.45) is -3.47. The molecule has 0 aliphatic carbocycles. The van der Waals surface area contributed by atoms with E-state index in [4.69, 9.17) is 18.9 Å². The maximum absolute atomic E-state index is 11.9. The number of aliphatic hydroxyl groups is 1. The standard InChI is InChI=1S/C23H26O7S/c1-15(25)28-21-20(27-14-17-9-5-3-6-10-17)19(13-24)30-23(22(21)29-16(2)26)31-18-11-7-4-8-12-18/h3-12,19-24H,13-14H2,1-2H3/t19-,20-,21+,22-,23+/m1/s1. The van der Waals surface area contributed by atoms with Gasteiger partial charge in [0.25, 0.3) is 0 Å². The molecule has 0 unspecified atom stereocenters. The first-order chi connectivity index (χ1) is 15.0. The van der Waals surface area contributed by atoms with Crippen molar-refractivity contribution < 1.29 is 33.6 Å². The summed E-state index contributed by atoms with van der Waals surface area (Å²) in [5, 5.41) is 10.0. The molecule has 0 amide bonds. The number of hydrogen-bond acceptors (Lipinski definition) is 8. The molecule has 31 heavy (non-hydrogen) atoms. The molecule has 3 rings (SSSR count). The van der Waals surface area contributed by atoms with Gasteiger partial charge in [-0.05, 0) is 17.7 Å². The number of benzene rings is 2. The summed E-state index contributed by atoms with van der Waals surface area (Å²) >= 11 is 1.32. The monoisotopic (exact) mass is 446 g/mol. The molecule has 5 atom stereocenters. The van der Waals surface area contributed by atoms with Crippen LogP contribution in [0.15, 0.2) is 65.6 Å². The van der Waals surface area contributed by atoms with Crippen molar-refractivity contribution in [2.24, 2.45) is 0 Å². The smallest absolute Gasteiger partial charge is 0.303 e. The van der Waals surface area contributed by atoms with E-state index in [0.29, 0.717) is 0 Å². The van der Waals surface area contributed by atoms with Crippen molar-refractivity contribution in [3.8, 4) is 0 Å². The lowest BCUT2D eigenvalue weighted by Gasteiger charge is -2.44. The van der Waals surface area contributed by atoms with Gasteiger partial charge in [-0.15, -0.1) is 0 Å². The summed E-state index contributed by atoms with van der Waals surface area (Å²) in [4.78, 5) is 24.6. The van der Waals surface area contributed by atoms with Crippen molar-refractivity contribution in [1.82, 2.24) is 0 Å². The van der Waals surface area contributed by atoms with Crippen molar-refractivity contribution in [2.75, 3.05) is 6.61 Å². The molecule has 2 aromatic rings. The lowest BCUT2D eigenvalue weighted by Crippen LogP contribution is -2.60. The van der Waals surface area contributed by atoms with Gasteiger partial charge in [0.15, 0.2) is 12.2 Å². The predicted molar refractivity (Wildman–Crippen MR) is 114 cm³/mol. The Hall–Kier alpha value is -2.39. The van der Waals surface area contributed by atoms with Crippen LogP contribution in [-0.2, 0) is 35.1 Å². The molecule has 1 aliphatic heterocycles. The topological polar surface area (TPSA) is 91.3 Å². The second kappa shape index (κ2) is 11.3. The lowest BCUT2D eigenvalue weighted by molar-refractivity contribution is -0.240. The number of esters is 2. The molecular weight excluding hydrogens is 420 g/mol. The molecule has 7 nitrogen and oxygen atoms in total. The number of carbonyl (C=O) groups excluding carboxylic acids is 2. The molecule has 0 radical (unpaired) electrons. The van der Waals surface area contributed by atoms with E-state index in [1.807, 2.05) is 60.7 Å². The second-order valence-corrected chi connectivity index (χ2v) is 8.24. The highest BCUT2D eigenvalue weighted by molar-refractivity contribution is 7.99. The van der Waals surface area contributed by atoms with E-state index in [1.54, 1.807) is 0 Å². The van der Waals surface area contributed by atoms with Crippen LogP contribution in [0, 0.1) is 0 Å². The largest absolute Gasteiger partial charge is 0.456 e. The molecule has 1 saturated heterocycles. The highest BCUT2D eigenvalue weighted by atomic mass is 32.2. The zero-order valence-electron chi connectivity index (χ0n) is 17.4. The Morgan fingerprint density at radius 2 is 1.48 bits per heavy atom. The number of carbonyl (C=O) groups is 2. The van der Waals surface area contributed by atoms with Gasteiger partial charge < -0.3 is 24.1 Å². The van der Waals surface area contributed by atoms with Crippen LogP contribution in [0.25, 0.3) is 0 Å². The first-order valence-electron chi connectivity index (χ1n) is 9.96. The molecule has 166 valence electrons. The number of aliphatic hydroxyl groups excluding tert-OH is 1. The molecule has 1 heterocycles. The maximum Gasteiger partial charge on any atom is 0.303 e. The Morgan fingerprint density at radius 1 is 0.903 bits per heavy atom. The molecule has 0 saturated carbocycles. The Balaban J connectivity index is 1.88. The molecule has 2 aromatic carbocycles. The van der Waals surface area contributed by atoms with Crippen molar-refractivity contribution >= 4 is 23.7 Å². The predicted octanol–water partition coefficient (Wildman–Crippen LogP) is 2.94. The van der Waals surface area contributed by atoms with Gasteiger partial charge in [-0.2, -0.15) is 0 Å². The molecule has 0 bridgehead atoms. The van der Waals surface area contributed by atoms with Crippen molar-refractivity contribution in [3.63, 3.8) is 0 Å². The van der Waals surface area contributed by atoms with E-state index in [2.05, 4.69) is 0 Å². The maximum atomic E-state index is 11.9. The third-order valence-electron chi connectivity index (χ3n) is 4.66. The van der Waals surface area contributed by atoms with Crippen LogP contribution in [0.3, 0.4) is 0 Å². The minimum Gasteiger partial charge on any atom is -0.456 e. The van der Waals surface area contributed by atoms with Crippen LogP contribution in [0.2, 0.25) is 0 Å². The summed E-state index contributed by atoms with van der Waals surface area (Å²) < 4.78 is 23.2. The minimum absolute atomic E-state index is 0.215. The molecule has 0 aromatic heterocycles. The average Bonchev–Trinajstić information content (AvgIpc) is 2.75. The van der Waals surface area contributed by atoms with Gasteiger partial charge in [0.05, 0.1) is 13.2 Å². The summed E-state index contributed by atoms with van der Waals surface area (Å²) in [5.74, 6) is -1.08. The Morgan fingerprint density at radius 3 is 2.06 bits per heavy atom. The van der Waals surface area contributed by atoms with Crippen LogP contribution in [0.1, 0.15) is 19.4 Å². The van der Waals surface area contributed by atoms with Gasteiger partial charge in [0.1, 0.15) is 17.6 Å². The number of rotatable bonds is 8. The number of thioether (sulfide) groups is 1. The van der Waals surface area contributed by atoms with Gasteiger partial charge in [0, 0.05) is 18.7 Å². The number of hydrogen-bond donors (Lipinski definition) is 1. The van der Waals surface area contributed by atoms with Crippen LogP contribution in [0.4, 0.5) is 0 Å². The van der Waals surface area contributed by atoms with E-state index in [1.165, 1.54) is 25.6 Å². The highest BCUT2D eigenvalue weighted by Crippen LogP contribution is 2.37. The summed E-state index contributed by atoms with van der Waals surface area (Å²) in [7, 11) is 0. The van der Waals surface area contributed by atoms with Crippen LogP contribution >= 0.6 is 11.8 Å². The van der Waals surface area contributed by atoms with Crippen LogP contribution in [-0.4, -0.2) is 53.5 Å². The molecule has 1 fully saturated rings. The minimum atomic E-state index is -0.947. The van der Waals surface area contributed by atoms with Crippen LogP contribution in [0.5, 0.6) is 0 Å². The molecule has 1 aliphatic rings. The van der Waals surface area contributed by atoms with Gasteiger partial charge in [-0.1, -0.05) is 60.3 Å². The summed E-state index contributed by atoms with van der Waals surface area (Å²) in [6, 6.07) is 18.9. The fourth-order valence-corrected chi connectivity index (χ4v) is 4.49. The van der Waals surface area contributed by atoms with E-state index in [-0.39, 0.29) is 13.2 Å². The quantitative estimate of drug-likeness (QED) is 0.619. The zero-order valence-corrected chi connectivity index (χ0v) is 18.2. The Kier molecular flexibility index (Phi) is 8.48. The molecule has 1 N–H and O–H groups in total. The fraction of sp³-hybridized carbons (Fsp3) is 0.391. The first-order valence-corrected chi connectivity index (χ1v) is 10.8. The molecular formula is C23H26O7S. The molecule has 0 spiro atoms. The average molecular weight is 447 g/mol. The number of ether oxygens (including phenoxy) is 4. The van der Waals surface area contributed by atoms with Gasteiger partial charge >= 0.3 is 11.9 Å². The fourth-order valence-electron chi connectivity index (χ4n) is 3.36. The highest BCUT2D eigenvalue weighted by Gasteiger charge is 2.50. The summed E-state index contributed by atoms with van der Waals surface area (Å²) in [5.41, 5.74) is 0.204. The van der Waals surface area contributed by atoms with Crippen molar-refractivity contribution in [1.29, 1.82) is 0 Å². The van der Waals surface area contributed by atoms with Crippen molar-refractivity contribution in [2.45, 2.75) is 55.2 Å².